The van der Waals surface area contributed by atoms with Crippen molar-refractivity contribution in [2.75, 3.05) is 18.0 Å². The Morgan fingerprint density at radius 2 is 1.92 bits per heavy atom. The van der Waals surface area contributed by atoms with Gasteiger partial charge in [-0.05, 0) is 36.3 Å². The molecule has 2 saturated heterocycles. The van der Waals surface area contributed by atoms with Gasteiger partial charge in [0.25, 0.3) is 0 Å². The Bertz CT molecular complexity index is 947. The number of carbonyl (C=O) groups excluding carboxylic acids is 1. The van der Waals surface area contributed by atoms with Gasteiger partial charge in [-0.25, -0.2) is 9.97 Å². The average Bonchev–Trinajstić information content (AvgIpc) is 3.28. The summed E-state index contributed by atoms with van der Waals surface area (Å²) in [6.07, 6.45) is 4.46. The molecule has 5 nitrogen and oxygen atoms in total. The molecule has 6 heteroatoms. The molecule has 2 aromatic heterocycles. The highest BCUT2D eigenvalue weighted by Crippen LogP contribution is 2.40. The number of piperidine rings is 1. The van der Waals surface area contributed by atoms with Crippen LogP contribution in [0, 0.1) is 0 Å². The van der Waals surface area contributed by atoms with Gasteiger partial charge in [-0.2, -0.15) is 0 Å². The van der Waals surface area contributed by atoms with Crippen molar-refractivity contribution < 1.29 is 4.79 Å². The van der Waals surface area contributed by atoms with E-state index in [-0.39, 0.29) is 17.4 Å². The lowest BCUT2D eigenvalue weighted by atomic mass is 9.82. The molecule has 1 aromatic carbocycles. The number of nitrogens with zero attached hydrogens (tertiary/aromatic N) is 3. The van der Waals surface area contributed by atoms with E-state index in [1.807, 2.05) is 18.2 Å². The summed E-state index contributed by atoms with van der Waals surface area (Å²) in [4.78, 5) is 24.8. The van der Waals surface area contributed by atoms with E-state index in [9.17, 15) is 4.79 Å². The predicted octanol–water partition coefficient (Wildman–Crippen LogP) is 3.33. The third-order valence-corrected chi connectivity index (χ3v) is 6.58. The molecule has 132 valence electrons. The Balaban J connectivity index is 1.34. The molecule has 0 aliphatic carbocycles. The Labute approximate surface area is 156 Å². The number of amides is 1. The summed E-state index contributed by atoms with van der Waals surface area (Å²) >= 11 is 1.65. The number of aromatic nitrogens is 2. The van der Waals surface area contributed by atoms with Crippen LogP contribution in [0.15, 0.2) is 48.1 Å². The second kappa shape index (κ2) is 6.06. The van der Waals surface area contributed by atoms with Gasteiger partial charge in [-0.3, -0.25) is 4.79 Å². The topological polar surface area (TPSA) is 58.1 Å². The van der Waals surface area contributed by atoms with Crippen LogP contribution in [0.25, 0.3) is 10.2 Å². The molecule has 0 bridgehead atoms. The Morgan fingerprint density at radius 1 is 1.12 bits per heavy atom. The summed E-state index contributed by atoms with van der Waals surface area (Å²) in [5, 5.41) is 6.52. The van der Waals surface area contributed by atoms with Crippen LogP contribution in [0.3, 0.4) is 0 Å². The number of carbonyl (C=O) groups is 1. The second-order valence-electron chi connectivity index (χ2n) is 7.26. The highest BCUT2D eigenvalue weighted by molar-refractivity contribution is 7.16. The van der Waals surface area contributed by atoms with Crippen LogP contribution in [-0.4, -0.2) is 34.5 Å². The van der Waals surface area contributed by atoms with E-state index in [1.165, 1.54) is 0 Å². The zero-order chi connectivity index (χ0) is 17.6. The number of anilines is 1. The zero-order valence-corrected chi connectivity index (χ0v) is 15.2. The van der Waals surface area contributed by atoms with E-state index in [4.69, 9.17) is 0 Å². The summed E-state index contributed by atoms with van der Waals surface area (Å²) in [5.41, 5.74) is 1.05. The van der Waals surface area contributed by atoms with E-state index in [0.29, 0.717) is 0 Å². The highest BCUT2D eigenvalue weighted by Gasteiger charge is 2.46. The number of hydrogen-bond donors (Lipinski definition) is 1. The van der Waals surface area contributed by atoms with Gasteiger partial charge in [-0.15, -0.1) is 11.3 Å². The fraction of sp³-hybridized carbons (Fsp3) is 0.350. The van der Waals surface area contributed by atoms with Crippen molar-refractivity contribution in [1.82, 2.24) is 15.3 Å². The molecule has 0 saturated carbocycles. The Kier molecular flexibility index (Phi) is 3.67. The van der Waals surface area contributed by atoms with Gasteiger partial charge in [0.05, 0.1) is 11.3 Å². The zero-order valence-electron chi connectivity index (χ0n) is 14.4. The van der Waals surface area contributed by atoms with Gasteiger partial charge in [0.15, 0.2) is 0 Å². The summed E-state index contributed by atoms with van der Waals surface area (Å²) in [7, 11) is 0. The van der Waals surface area contributed by atoms with E-state index < -0.39 is 0 Å². The number of benzene rings is 1. The molecule has 1 spiro atoms. The van der Waals surface area contributed by atoms with Gasteiger partial charge >= 0.3 is 0 Å². The van der Waals surface area contributed by atoms with Gasteiger partial charge in [0.1, 0.15) is 17.0 Å². The lowest BCUT2D eigenvalue weighted by molar-refractivity contribution is -0.121. The molecule has 2 aliphatic rings. The minimum atomic E-state index is -0.0745. The van der Waals surface area contributed by atoms with Gasteiger partial charge in [0.2, 0.25) is 5.91 Å². The standard InChI is InChI=1S/C20H20N4OS/c25-18-16(14-4-2-1-3-5-14)12-20(23-18)7-9-24(10-8-20)17-15-6-11-26-19(15)22-13-21-17/h1-6,11,13,16H,7-10,12H2,(H,23,25)/t16-/m0/s1. The molecule has 3 aromatic rings. The fourth-order valence-corrected chi connectivity index (χ4v) is 5.07. The molecule has 2 aliphatic heterocycles. The first kappa shape index (κ1) is 15.8. The summed E-state index contributed by atoms with van der Waals surface area (Å²) < 4.78 is 0. The van der Waals surface area contributed by atoms with Crippen LogP contribution in [-0.2, 0) is 4.79 Å². The molecule has 0 radical (unpaired) electrons. The highest BCUT2D eigenvalue weighted by atomic mass is 32.1. The van der Waals surface area contributed by atoms with E-state index in [2.05, 4.69) is 43.8 Å². The molecule has 4 heterocycles. The van der Waals surface area contributed by atoms with Crippen LogP contribution >= 0.6 is 11.3 Å². The quantitative estimate of drug-likeness (QED) is 0.758. The number of nitrogens with one attached hydrogen (secondary N) is 1. The van der Waals surface area contributed by atoms with Crippen LogP contribution < -0.4 is 10.2 Å². The second-order valence-corrected chi connectivity index (χ2v) is 8.16. The lowest BCUT2D eigenvalue weighted by Gasteiger charge is -2.40. The van der Waals surface area contributed by atoms with Crippen molar-refractivity contribution in [1.29, 1.82) is 0 Å². The molecule has 5 rings (SSSR count). The number of fused-ring (bicyclic) bond motifs is 1. The van der Waals surface area contributed by atoms with Crippen molar-refractivity contribution in [3.05, 3.63) is 53.7 Å². The van der Waals surface area contributed by atoms with Crippen molar-refractivity contribution in [2.45, 2.75) is 30.7 Å². The molecule has 1 amide bonds. The van der Waals surface area contributed by atoms with Crippen molar-refractivity contribution in [2.24, 2.45) is 0 Å². The smallest absolute Gasteiger partial charge is 0.228 e. The largest absolute Gasteiger partial charge is 0.356 e. The first-order valence-corrected chi connectivity index (χ1v) is 9.92. The van der Waals surface area contributed by atoms with Crippen LogP contribution in [0.1, 0.15) is 30.7 Å². The summed E-state index contributed by atoms with van der Waals surface area (Å²) in [5.74, 6) is 1.17. The summed E-state index contributed by atoms with van der Waals surface area (Å²) in [6, 6.07) is 12.2. The molecule has 2 fully saturated rings. The Hall–Kier alpha value is -2.47. The SMILES string of the molecule is O=C1NC2(CCN(c3ncnc4sccc34)CC2)C[C@H]1c1ccccc1. The van der Waals surface area contributed by atoms with Crippen molar-refractivity contribution in [3.8, 4) is 0 Å². The first-order chi connectivity index (χ1) is 12.7. The van der Waals surface area contributed by atoms with Gasteiger partial charge in [0, 0.05) is 18.6 Å². The number of rotatable bonds is 2. The molecule has 0 unspecified atom stereocenters. The molecule has 1 N–H and O–H groups in total. The number of thiophene rings is 1. The van der Waals surface area contributed by atoms with Crippen molar-refractivity contribution >= 4 is 33.3 Å². The first-order valence-electron chi connectivity index (χ1n) is 9.04. The monoisotopic (exact) mass is 364 g/mol. The lowest BCUT2D eigenvalue weighted by Crippen LogP contribution is -2.51. The minimum absolute atomic E-state index is 0.0228. The summed E-state index contributed by atoms with van der Waals surface area (Å²) in [6.45, 7) is 1.81. The molecular formula is C20H20N4OS. The van der Waals surface area contributed by atoms with Gasteiger partial charge < -0.3 is 10.2 Å². The maximum absolute atomic E-state index is 12.6. The minimum Gasteiger partial charge on any atom is -0.356 e. The maximum atomic E-state index is 12.6. The van der Waals surface area contributed by atoms with Crippen LogP contribution in [0.4, 0.5) is 5.82 Å². The molecular weight excluding hydrogens is 344 g/mol. The predicted molar refractivity (Wildman–Crippen MR) is 104 cm³/mol. The normalized spacial score (nSPS) is 22.1. The fourth-order valence-electron chi connectivity index (χ4n) is 4.34. The Morgan fingerprint density at radius 3 is 2.73 bits per heavy atom. The molecule has 26 heavy (non-hydrogen) atoms. The third kappa shape index (κ3) is 2.56. The van der Waals surface area contributed by atoms with E-state index in [1.54, 1.807) is 17.7 Å². The van der Waals surface area contributed by atoms with Crippen LogP contribution in [0.5, 0.6) is 0 Å². The van der Waals surface area contributed by atoms with Crippen molar-refractivity contribution in [3.63, 3.8) is 0 Å². The van der Waals surface area contributed by atoms with Gasteiger partial charge in [-0.1, -0.05) is 30.3 Å². The average molecular weight is 364 g/mol. The third-order valence-electron chi connectivity index (χ3n) is 5.76. The van der Waals surface area contributed by atoms with E-state index in [0.717, 1.165) is 53.9 Å². The number of hydrogen-bond acceptors (Lipinski definition) is 5. The van der Waals surface area contributed by atoms with E-state index >= 15 is 0 Å². The van der Waals surface area contributed by atoms with Crippen LogP contribution in [0.2, 0.25) is 0 Å². The maximum Gasteiger partial charge on any atom is 0.228 e. The molecule has 1 atom stereocenters.